The lowest BCUT2D eigenvalue weighted by atomic mass is 10.1. The minimum atomic E-state index is -0.958. The smallest absolute Gasteiger partial charge is 0.303 e. The Morgan fingerprint density at radius 2 is 1.85 bits per heavy atom. The third-order valence-electron chi connectivity index (χ3n) is 2.82. The average molecular weight is 289 g/mol. The molecule has 0 heterocycles. The average Bonchev–Trinajstić information content (AvgIpc) is 2.42. The summed E-state index contributed by atoms with van der Waals surface area (Å²) in [7, 11) is 0. The van der Waals surface area contributed by atoms with E-state index in [1.54, 1.807) is 0 Å². The van der Waals surface area contributed by atoms with Gasteiger partial charge in [0.1, 0.15) is 0 Å². The van der Waals surface area contributed by atoms with Crippen LogP contribution in [0.15, 0.2) is 0 Å². The van der Waals surface area contributed by atoms with Crippen molar-refractivity contribution in [3.8, 4) is 0 Å². The van der Waals surface area contributed by atoms with Gasteiger partial charge >= 0.3 is 5.97 Å². The quantitative estimate of drug-likeness (QED) is 0.501. The molecule has 0 aromatic heterocycles. The first-order valence-electron chi connectivity index (χ1n) is 7.20. The van der Waals surface area contributed by atoms with Gasteiger partial charge in [-0.1, -0.05) is 20.3 Å². The van der Waals surface area contributed by atoms with E-state index >= 15 is 0 Å². The lowest BCUT2D eigenvalue weighted by Gasteiger charge is -2.09. The Balaban J connectivity index is 3.20. The van der Waals surface area contributed by atoms with Gasteiger partial charge in [0.05, 0.1) is 19.6 Å². The molecule has 0 saturated carbocycles. The van der Waals surface area contributed by atoms with Crippen LogP contribution in [0, 0.1) is 5.92 Å². The predicted octanol–water partition coefficient (Wildman–Crippen LogP) is 1.44. The zero-order valence-corrected chi connectivity index (χ0v) is 12.5. The molecule has 0 spiro atoms. The van der Waals surface area contributed by atoms with Crippen molar-refractivity contribution in [2.75, 3.05) is 33.0 Å². The van der Waals surface area contributed by atoms with Gasteiger partial charge in [-0.25, -0.2) is 0 Å². The number of carbonyl (C=O) groups is 2. The molecule has 6 nitrogen and oxygen atoms in total. The van der Waals surface area contributed by atoms with Crippen molar-refractivity contribution >= 4 is 11.9 Å². The van der Waals surface area contributed by atoms with Crippen LogP contribution in [0.5, 0.6) is 0 Å². The van der Waals surface area contributed by atoms with E-state index in [-0.39, 0.29) is 18.7 Å². The normalized spacial score (nSPS) is 12.1. The third-order valence-corrected chi connectivity index (χ3v) is 2.82. The molecule has 2 N–H and O–H groups in total. The molecule has 0 aliphatic carbocycles. The maximum absolute atomic E-state index is 11.2. The number of carboxylic acids is 1. The molecule has 0 rings (SSSR count). The SMILES string of the molecule is CCC(C)COCCOCCCNC(=O)CCC(=O)O. The second kappa shape index (κ2) is 12.9. The van der Waals surface area contributed by atoms with Crippen LogP contribution in [-0.2, 0) is 19.1 Å². The fourth-order valence-electron chi connectivity index (χ4n) is 1.33. The molecule has 0 aliphatic rings. The van der Waals surface area contributed by atoms with E-state index in [1.165, 1.54) is 0 Å². The summed E-state index contributed by atoms with van der Waals surface area (Å²) >= 11 is 0. The summed E-state index contributed by atoms with van der Waals surface area (Å²) in [6.07, 6.45) is 1.72. The summed E-state index contributed by atoms with van der Waals surface area (Å²) in [6.45, 7) is 7.26. The number of hydrogen-bond donors (Lipinski definition) is 2. The van der Waals surface area contributed by atoms with Crippen LogP contribution in [0.25, 0.3) is 0 Å². The van der Waals surface area contributed by atoms with E-state index in [9.17, 15) is 9.59 Å². The van der Waals surface area contributed by atoms with Crippen molar-refractivity contribution in [2.45, 2.75) is 39.5 Å². The van der Waals surface area contributed by atoms with Gasteiger partial charge in [-0.05, 0) is 12.3 Å². The summed E-state index contributed by atoms with van der Waals surface area (Å²) in [5, 5.41) is 11.1. The summed E-state index contributed by atoms with van der Waals surface area (Å²) in [6, 6.07) is 0. The monoisotopic (exact) mass is 289 g/mol. The molecule has 0 saturated heterocycles. The fraction of sp³-hybridized carbons (Fsp3) is 0.857. The molecule has 0 aromatic carbocycles. The molecule has 0 bridgehead atoms. The standard InChI is InChI=1S/C14H27NO5/c1-3-12(2)11-20-10-9-19-8-4-7-15-13(16)5-6-14(17)18/h12H,3-11H2,1-2H3,(H,15,16)(H,17,18). The molecule has 0 fully saturated rings. The maximum Gasteiger partial charge on any atom is 0.303 e. The Bertz CT molecular complexity index is 270. The van der Waals surface area contributed by atoms with Gasteiger partial charge in [0.25, 0.3) is 0 Å². The first-order chi connectivity index (χ1) is 9.56. The van der Waals surface area contributed by atoms with Crippen molar-refractivity contribution in [1.29, 1.82) is 0 Å². The number of nitrogens with one attached hydrogen (secondary N) is 1. The van der Waals surface area contributed by atoms with E-state index in [0.717, 1.165) is 13.0 Å². The third kappa shape index (κ3) is 13.3. The van der Waals surface area contributed by atoms with Crippen molar-refractivity contribution in [1.82, 2.24) is 5.32 Å². The van der Waals surface area contributed by atoms with Gasteiger partial charge in [-0.3, -0.25) is 9.59 Å². The van der Waals surface area contributed by atoms with Crippen LogP contribution in [0.4, 0.5) is 0 Å². The van der Waals surface area contributed by atoms with E-state index in [2.05, 4.69) is 19.2 Å². The van der Waals surface area contributed by atoms with E-state index in [4.69, 9.17) is 14.6 Å². The van der Waals surface area contributed by atoms with Crippen molar-refractivity contribution in [3.63, 3.8) is 0 Å². The summed E-state index contributed by atoms with van der Waals surface area (Å²) < 4.78 is 10.8. The number of rotatable bonds is 13. The zero-order valence-electron chi connectivity index (χ0n) is 12.5. The largest absolute Gasteiger partial charge is 0.481 e. The molecule has 20 heavy (non-hydrogen) atoms. The maximum atomic E-state index is 11.2. The summed E-state index contributed by atoms with van der Waals surface area (Å²) in [5.74, 6) is -0.610. The number of amides is 1. The molecular weight excluding hydrogens is 262 g/mol. The Morgan fingerprint density at radius 1 is 1.15 bits per heavy atom. The number of ether oxygens (including phenoxy) is 2. The molecule has 0 radical (unpaired) electrons. The number of carbonyl (C=O) groups excluding carboxylic acids is 1. The number of carboxylic acid groups (broad SMARTS) is 1. The lowest BCUT2D eigenvalue weighted by Crippen LogP contribution is -2.25. The second-order valence-corrected chi connectivity index (χ2v) is 4.80. The molecule has 1 unspecified atom stereocenters. The Morgan fingerprint density at radius 3 is 2.50 bits per heavy atom. The highest BCUT2D eigenvalue weighted by molar-refractivity contribution is 5.80. The topological polar surface area (TPSA) is 84.9 Å². The summed E-state index contributed by atoms with van der Waals surface area (Å²) in [4.78, 5) is 21.4. The van der Waals surface area contributed by atoms with E-state index in [1.807, 2.05) is 0 Å². The molecule has 0 aromatic rings. The molecule has 6 heteroatoms. The van der Waals surface area contributed by atoms with Gasteiger partial charge in [0, 0.05) is 26.2 Å². The molecule has 0 aliphatic heterocycles. The lowest BCUT2D eigenvalue weighted by molar-refractivity contribution is -0.138. The van der Waals surface area contributed by atoms with Gasteiger partial charge in [-0.2, -0.15) is 0 Å². The highest BCUT2D eigenvalue weighted by Gasteiger charge is 2.04. The van der Waals surface area contributed by atoms with Crippen LogP contribution in [-0.4, -0.2) is 50.0 Å². The molecular formula is C14H27NO5. The first kappa shape index (κ1) is 18.9. The fourth-order valence-corrected chi connectivity index (χ4v) is 1.33. The van der Waals surface area contributed by atoms with Gasteiger partial charge < -0.3 is 19.9 Å². The van der Waals surface area contributed by atoms with Gasteiger partial charge in [0.2, 0.25) is 5.91 Å². The molecule has 118 valence electrons. The van der Waals surface area contributed by atoms with Gasteiger partial charge in [0.15, 0.2) is 0 Å². The number of hydrogen-bond acceptors (Lipinski definition) is 4. The summed E-state index contributed by atoms with van der Waals surface area (Å²) in [5.41, 5.74) is 0. The Hall–Kier alpha value is -1.14. The highest BCUT2D eigenvalue weighted by atomic mass is 16.5. The van der Waals surface area contributed by atoms with Crippen LogP contribution in [0.1, 0.15) is 39.5 Å². The number of aliphatic carboxylic acids is 1. The highest BCUT2D eigenvalue weighted by Crippen LogP contribution is 2.00. The molecule has 1 atom stereocenters. The van der Waals surface area contributed by atoms with Crippen molar-refractivity contribution < 1.29 is 24.2 Å². The minimum Gasteiger partial charge on any atom is -0.481 e. The van der Waals surface area contributed by atoms with Crippen molar-refractivity contribution in [2.24, 2.45) is 5.92 Å². The van der Waals surface area contributed by atoms with Crippen LogP contribution >= 0.6 is 0 Å². The first-order valence-corrected chi connectivity index (χ1v) is 7.20. The van der Waals surface area contributed by atoms with Crippen molar-refractivity contribution in [3.05, 3.63) is 0 Å². The van der Waals surface area contributed by atoms with Crippen LogP contribution in [0.3, 0.4) is 0 Å². The predicted molar refractivity (Wildman–Crippen MR) is 75.6 cm³/mol. The Labute approximate surface area is 120 Å². The Kier molecular flexibility index (Phi) is 12.1. The van der Waals surface area contributed by atoms with E-state index in [0.29, 0.717) is 38.7 Å². The minimum absolute atomic E-state index is 0.0274. The zero-order chi connectivity index (χ0) is 15.2. The van der Waals surface area contributed by atoms with Crippen LogP contribution < -0.4 is 5.32 Å². The van der Waals surface area contributed by atoms with E-state index < -0.39 is 5.97 Å². The second-order valence-electron chi connectivity index (χ2n) is 4.80. The van der Waals surface area contributed by atoms with Gasteiger partial charge in [-0.15, -0.1) is 0 Å². The molecule has 1 amide bonds. The van der Waals surface area contributed by atoms with Crippen LogP contribution in [0.2, 0.25) is 0 Å².